The summed E-state index contributed by atoms with van der Waals surface area (Å²) in [5.74, 6) is 0. The first kappa shape index (κ1) is 12.2. The molecular weight excluding hydrogens is 229 g/mol. The highest BCUT2D eigenvalue weighted by Gasteiger charge is 2.33. The number of hydrogen-bond acceptors (Lipinski definition) is 2. The van der Waals surface area contributed by atoms with Crippen LogP contribution in [0.2, 0.25) is 0 Å². The topological polar surface area (TPSA) is 38.0 Å². The van der Waals surface area contributed by atoms with Gasteiger partial charge in [0, 0.05) is 18.3 Å². The van der Waals surface area contributed by atoms with Crippen molar-refractivity contribution in [2.45, 2.75) is 38.0 Å². The Labute approximate surface area is 98.0 Å². The van der Waals surface area contributed by atoms with E-state index in [1.54, 1.807) is 6.07 Å². The fraction of sp³-hybridized carbons (Fsp3) is 0.500. The summed E-state index contributed by atoms with van der Waals surface area (Å²) in [6, 6.07) is 4.54. The zero-order valence-corrected chi connectivity index (χ0v) is 9.35. The van der Waals surface area contributed by atoms with Crippen LogP contribution in [0.3, 0.4) is 0 Å². The lowest BCUT2D eigenvalue weighted by Gasteiger charge is -2.26. The van der Waals surface area contributed by atoms with Gasteiger partial charge in [-0.3, -0.25) is 0 Å². The van der Waals surface area contributed by atoms with E-state index in [0.717, 1.165) is 18.9 Å². The van der Waals surface area contributed by atoms with Gasteiger partial charge in [-0.25, -0.2) is 0 Å². The summed E-state index contributed by atoms with van der Waals surface area (Å²) in [5.41, 5.74) is 4.99. The lowest BCUT2D eigenvalue weighted by molar-refractivity contribution is -0.136. The van der Waals surface area contributed by atoms with E-state index in [4.69, 9.17) is 5.73 Å². The Kier molecular flexibility index (Phi) is 3.28. The van der Waals surface area contributed by atoms with E-state index >= 15 is 0 Å². The third-order valence-electron chi connectivity index (χ3n) is 3.12. The molecule has 1 aromatic carbocycles. The van der Waals surface area contributed by atoms with Crippen molar-refractivity contribution in [3.63, 3.8) is 0 Å². The molecule has 17 heavy (non-hydrogen) atoms. The van der Waals surface area contributed by atoms with E-state index in [0.29, 0.717) is 18.2 Å². The van der Waals surface area contributed by atoms with E-state index in [1.807, 2.05) is 0 Å². The summed E-state index contributed by atoms with van der Waals surface area (Å²) in [4.78, 5) is 0. The molecule has 0 spiro atoms. The molecular formula is C12H15F3N2. The van der Waals surface area contributed by atoms with Crippen molar-refractivity contribution >= 4 is 5.69 Å². The summed E-state index contributed by atoms with van der Waals surface area (Å²) in [7, 11) is 0. The molecule has 1 aliphatic rings. The molecule has 1 saturated carbocycles. The van der Waals surface area contributed by atoms with Crippen molar-refractivity contribution in [1.29, 1.82) is 0 Å². The molecule has 94 valence electrons. The second-order valence-corrected chi connectivity index (χ2v) is 4.43. The van der Waals surface area contributed by atoms with Gasteiger partial charge in [0.15, 0.2) is 0 Å². The van der Waals surface area contributed by atoms with E-state index in [-0.39, 0.29) is 5.69 Å². The Morgan fingerprint density at radius 1 is 1.29 bits per heavy atom. The number of nitrogens with two attached hydrogens (primary N) is 1. The van der Waals surface area contributed by atoms with Crippen molar-refractivity contribution in [2.75, 3.05) is 5.73 Å². The fourth-order valence-corrected chi connectivity index (χ4v) is 1.83. The SMILES string of the molecule is Nc1ccc(CNC2CCC2)cc1C(F)(F)F. The number of nitrogen functional groups attached to an aromatic ring is 1. The molecule has 2 rings (SSSR count). The largest absolute Gasteiger partial charge is 0.418 e. The van der Waals surface area contributed by atoms with Gasteiger partial charge in [-0.15, -0.1) is 0 Å². The monoisotopic (exact) mass is 244 g/mol. The minimum Gasteiger partial charge on any atom is -0.398 e. The van der Waals surface area contributed by atoms with Crippen LogP contribution in [0.4, 0.5) is 18.9 Å². The standard InChI is InChI=1S/C12H15F3N2/c13-12(14,15)10-6-8(4-5-11(10)16)7-17-9-2-1-3-9/h4-6,9,17H,1-3,7,16H2. The van der Waals surface area contributed by atoms with Crippen LogP contribution in [0.15, 0.2) is 18.2 Å². The quantitative estimate of drug-likeness (QED) is 0.802. The van der Waals surface area contributed by atoms with Gasteiger partial charge in [0.05, 0.1) is 5.56 Å². The van der Waals surface area contributed by atoms with Gasteiger partial charge in [0.1, 0.15) is 0 Å². The zero-order valence-electron chi connectivity index (χ0n) is 9.35. The van der Waals surface area contributed by atoms with Crippen molar-refractivity contribution < 1.29 is 13.2 Å². The molecule has 0 aliphatic heterocycles. The molecule has 5 heteroatoms. The minimum atomic E-state index is -4.38. The Morgan fingerprint density at radius 3 is 2.53 bits per heavy atom. The van der Waals surface area contributed by atoms with Crippen molar-refractivity contribution in [1.82, 2.24) is 5.32 Å². The number of alkyl halides is 3. The van der Waals surface area contributed by atoms with E-state index in [2.05, 4.69) is 5.32 Å². The van der Waals surface area contributed by atoms with Crippen LogP contribution in [0.25, 0.3) is 0 Å². The smallest absolute Gasteiger partial charge is 0.398 e. The molecule has 0 heterocycles. The predicted octanol–water partition coefficient (Wildman–Crippen LogP) is 2.93. The minimum absolute atomic E-state index is 0.218. The molecule has 0 radical (unpaired) electrons. The molecule has 0 amide bonds. The maximum Gasteiger partial charge on any atom is 0.418 e. The number of anilines is 1. The van der Waals surface area contributed by atoms with Gasteiger partial charge >= 0.3 is 6.18 Å². The zero-order chi connectivity index (χ0) is 12.5. The summed E-state index contributed by atoms with van der Waals surface area (Å²) in [6.07, 6.45) is -0.952. The third-order valence-corrected chi connectivity index (χ3v) is 3.12. The lowest BCUT2D eigenvalue weighted by atomic mass is 9.93. The third kappa shape index (κ3) is 2.91. The van der Waals surface area contributed by atoms with E-state index in [1.165, 1.54) is 12.5 Å². The maximum absolute atomic E-state index is 12.6. The molecule has 1 aliphatic carbocycles. The summed E-state index contributed by atoms with van der Waals surface area (Å²) in [6.45, 7) is 0.466. The van der Waals surface area contributed by atoms with Crippen molar-refractivity contribution in [2.24, 2.45) is 0 Å². The fourth-order valence-electron chi connectivity index (χ4n) is 1.83. The van der Waals surface area contributed by atoms with Crippen LogP contribution < -0.4 is 11.1 Å². The van der Waals surface area contributed by atoms with Crippen LogP contribution in [-0.4, -0.2) is 6.04 Å². The van der Waals surface area contributed by atoms with Crippen LogP contribution in [0.1, 0.15) is 30.4 Å². The second-order valence-electron chi connectivity index (χ2n) is 4.43. The van der Waals surface area contributed by atoms with E-state index in [9.17, 15) is 13.2 Å². The number of nitrogens with one attached hydrogen (secondary N) is 1. The Balaban J connectivity index is 2.07. The lowest BCUT2D eigenvalue weighted by Crippen LogP contribution is -2.34. The number of rotatable bonds is 3. The first-order valence-electron chi connectivity index (χ1n) is 5.66. The molecule has 0 atom stereocenters. The van der Waals surface area contributed by atoms with Crippen LogP contribution >= 0.6 is 0 Å². The summed E-state index contributed by atoms with van der Waals surface area (Å²) in [5, 5.41) is 3.23. The van der Waals surface area contributed by atoms with Gasteiger partial charge in [-0.2, -0.15) is 13.2 Å². The second kappa shape index (κ2) is 4.56. The summed E-state index contributed by atoms with van der Waals surface area (Å²) >= 11 is 0. The van der Waals surface area contributed by atoms with Crippen molar-refractivity contribution in [3.05, 3.63) is 29.3 Å². The normalized spacial score (nSPS) is 16.9. The van der Waals surface area contributed by atoms with Crippen LogP contribution in [0, 0.1) is 0 Å². The Morgan fingerprint density at radius 2 is 2.00 bits per heavy atom. The van der Waals surface area contributed by atoms with Gasteiger partial charge < -0.3 is 11.1 Å². The molecule has 0 saturated heterocycles. The average Bonchev–Trinajstić information content (AvgIpc) is 2.16. The highest BCUT2D eigenvalue weighted by atomic mass is 19.4. The van der Waals surface area contributed by atoms with Crippen LogP contribution in [0.5, 0.6) is 0 Å². The predicted molar refractivity (Wildman–Crippen MR) is 60.3 cm³/mol. The Bertz CT molecular complexity index is 397. The molecule has 0 unspecified atom stereocenters. The number of halogens is 3. The molecule has 1 aromatic rings. The number of benzene rings is 1. The molecule has 3 N–H and O–H groups in total. The van der Waals surface area contributed by atoms with E-state index < -0.39 is 11.7 Å². The van der Waals surface area contributed by atoms with Gasteiger partial charge in [-0.05, 0) is 30.5 Å². The van der Waals surface area contributed by atoms with Gasteiger partial charge in [0.2, 0.25) is 0 Å². The van der Waals surface area contributed by atoms with Gasteiger partial charge in [-0.1, -0.05) is 12.5 Å². The molecule has 0 aromatic heterocycles. The highest BCUT2D eigenvalue weighted by molar-refractivity contribution is 5.50. The highest BCUT2D eigenvalue weighted by Crippen LogP contribution is 2.34. The summed E-state index contributed by atoms with van der Waals surface area (Å²) < 4.78 is 37.8. The first-order valence-corrected chi connectivity index (χ1v) is 5.66. The average molecular weight is 244 g/mol. The van der Waals surface area contributed by atoms with Crippen LogP contribution in [-0.2, 0) is 12.7 Å². The molecule has 0 bridgehead atoms. The Hall–Kier alpha value is -1.23. The number of hydrogen-bond donors (Lipinski definition) is 2. The maximum atomic E-state index is 12.6. The van der Waals surface area contributed by atoms with Gasteiger partial charge in [0.25, 0.3) is 0 Å². The molecule has 2 nitrogen and oxygen atoms in total. The molecule has 1 fully saturated rings. The first-order chi connectivity index (χ1) is 7.97. The van der Waals surface area contributed by atoms with Crippen molar-refractivity contribution in [3.8, 4) is 0 Å².